The number of nitrogens with zero attached hydrogens (tertiary/aromatic N) is 1. The normalized spacial score (nSPS) is 12.4. The Morgan fingerprint density at radius 2 is 2.00 bits per heavy atom. The predicted octanol–water partition coefficient (Wildman–Crippen LogP) is 3.16. The molecule has 0 saturated carbocycles. The molecule has 0 amide bonds. The SMILES string of the molecule is CCC(N)c1cccc(-c2cccnc2)c1. The number of hydrogen-bond donors (Lipinski definition) is 1. The van der Waals surface area contributed by atoms with Gasteiger partial charge < -0.3 is 5.73 Å². The first-order valence-corrected chi connectivity index (χ1v) is 5.57. The van der Waals surface area contributed by atoms with E-state index < -0.39 is 0 Å². The van der Waals surface area contributed by atoms with Crippen molar-refractivity contribution in [1.29, 1.82) is 0 Å². The van der Waals surface area contributed by atoms with Crippen molar-refractivity contribution in [3.63, 3.8) is 0 Å². The molecule has 1 aromatic heterocycles. The molecule has 2 aromatic rings. The Labute approximate surface area is 96.1 Å². The van der Waals surface area contributed by atoms with Gasteiger partial charge >= 0.3 is 0 Å². The molecule has 0 aliphatic rings. The quantitative estimate of drug-likeness (QED) is 0.848. The minimum absolute atomic E-state index is 0.122. The van der Waals surface area contributed by atoms with Gasteiger partial charge in [-0.3, -0.25) is 4.98 Å². The van der Waals surface area contributed by atoms with E-state index in [0.29, 0.717) is 0 Å². The topological polar surface area (TPSA) is 38.9 Å². The summed E-state index contributed by atoms with van der Waals surface area (Å²) in [4.78, 5) is 4.12. The third kappa shape index (κ3) is 2.28. The third-order valence-corrected chi connectivity index (χ3v) is 2.75. The third-order valence-electron chi connectivity index (χ3n) is 2.75. The molecule has 0 bridgehead atoms. The summed E-state index contributed by atoms with van der Waals surface area (Å²) in [7, 11) is 0. The van der Waals surface area contributed by atoms with Crippen LogP contribution in [0.3, 0.4) is 0 Å². The lowest BCUT2D eigenvalue weighted by Gasteiger charge is -2.10. The van der Waals surface area contributed by atoms with Gasteiger partial charge in [0.1, 0.15) is 0 Å². The Kier molecular flexibility index (Phi) is 3.32. The first kappa shape index (κ1) is 10.8. The maximum atomic E-state index is 6.03. The van der Waals surface area contributed by atoms with Crippen LogP contribution in [0.5, 0.6) is 0 Å². The first-order chi connectivity index (χ1) is 7.81. The molecule has 1 atom stereocenters. The number of hydrogen-bond acceptors (Lipinski definition) is 2. The molecular weight excluding hydrogens is 196 g/mol. The molecule has 2 rings (SSSR count). The van der Waals surface area contributed by atoms with E-state index in [0.717, 1.165) is 12.0 Å². The minimum Gasteiger partial charge on any atom is -0.324 e. The molecule has 82 valence electrons. The molecule has 0 spiro atoms. The van der Waals surface area contributed by atoms with E-state index in [4.69, 9.17) is 5.73 Å². The lowest BCUT2D eigenvalue weighted by atomic mass is 10.00. The van der Waals surface area contributed by atoms with Crippen LogP contribution in [0.1, 0.15) is 24.9 Å². The molecule has 0 saturated heterocycles. The van der Waals surface area contributed by atoms with Gasteiger partial charge in [0.05, 0.1) is 0 Å². The summed E-state index contributed by atoms with van der Waals surface area (Å²) in [6.45, 7) is 2.10. The van der Waals surface area contributed by atoms with Crippen LogP contribution in [-0.4, -0.2) is 4.98 Å². The lowest BCUT2D eigenvalue weighted by molar-refractivity contribution is 0.699. The Morgan fingerprint density at radius 1 is 1.19 bits per heavy atom. The minimum atomic E-state index is 0.122. The molecule has 2 heteroatoms. The van der Waals surface area contributed by atoms with Gasteiger partial charge in [0.25, 0.3) is 0 Å². The Hall–Kier alpha value is -1.67. The number of benzene rings is 1. The molecule has 1 aromatic carbocycles. The summed E-state index contributed by atoms with van der Waals surface area (Å²) in [5.74, 6) is 0. The van der Waals surface area contributed by atoms with E-state index in [1.807, 2.05) is 18.3 Å². The van der Waals surface area contributed by atoms with E-state index >= 15 is 0 Å². The van der Waals surface area contributed by atoms with Gasteiger partial charge in [-0.05, 0) is 35.2 Å². The van der Waals surface area contributed by atoms with Crippen LogP contribution in [0.15, 0.2) is 48.8 Å². The van der Waals surface area contributed by atoms with Crippen LogP contribution in [0.4, 0.5) is 0 Å². The number of pyridine rings is 1. The van der Waals surface area contributed by atoms with E-state index in [-0.39, 0.29) is 6.04 Å². The zero-order valence-electron chi connectivity index (χ0n) is 9.43. The fourth-order valence-corrected chi connectivity index (χ4v) is 1.72. The van der Waals surface area contributed by atoms with Crippen LogP contribution in [0, 0.1) is 0 Å². The van der Waals surface area contributed by atoms with Crippen LogP contribution in [0.2, 0.25) is 0 Å². The molecule has 0 radical (unpaired) electrons. The Bertz CT molecular complexity index is 451. The van der Waals surface area contributed by atoms with Gasteiger partial charge in [-0.1, -0.05) is 31.2 Å². The second kappa shape index (κ2) is 4.90. The van der Waals surface area contributed by atoms with Crippen molar-refractivity contribution in [1.82, 2.24) is 4.98 Å². The standard InChI is InChI=1S/C14H16N2/c1-2-14(15)12-6-3-5-11(9-12)13-7-4-8-16-10-13/h3-10,14H,2,15H2,1H3. The largest absolute Gasteiger partial charge is 0.324 e. The first-order valence-electron chi connectivity index (χ1n) is 5.57. The average molecular weight is 212 g/mol. The second-order valence-electron chi connectivity index (χ2n) is 3.88. The molecule has 2 nitrogen and oxygen atoms in total. The maximum Gasteiger partial charge on any atom is 0.0346 e. The van der Waals surface area contributed by atoms with Gasteiger partial charge in [-0.15, -0.1) is 0 Å². The van der Waals surface area contributed by atoms with Crippen molar-refractivity contribution < 1.29 is 0 Å². The zero-order chi connectivity index (χ0) is 11.4. The number of aromatic nitrogens is 1. The molecule has 2 N–H and O–H groups in total. The van der Waals surface area contributed by atoms with Gasteiger partial charge in [0, 0.05) is 18.4 Å². The summed E-state index contributed by atoms with van der Waals surface area (Å²) in [6.07, 6.45) is 4.61. The van der Waals surface area contributed by atoms with Crippen molar-refractivity contribution >= 4 is 0 Å². The van der Waals surface area contributed by atoms with E-state index in [1.165, 1.54) is 11.1 Å². The van der Waals surface area contributed by atoms with Crippen molar-refractivity contribution in [3.05, 3.63) is 54.4 Å². The van der Waals surface area contributed by atoms with Gasteiger partial charge in [0.2, 0.25) is 0 Å². The van der Waals surface area contributed by atoms with Crippen molar-refractivity contribution in [3.8, 4) is 11.1 Å². The second-order valence-corrected chi connectivity index (χ2v) is 3.88. The molecule has 0 aliphatic heterocycles. The summed E-state index contributed by atoms with van der Waals surface area (Å²) >= 11 is 0. The van der Waals surface area contributed by atoms with E-state index in [9.17, 15) is 0 Å². The highest BCUT2D eigenvalue weighted by Crippen LogP contribution is 2.22. The van der Waals surface area contributed by atoms with Crippen LogP contribution >= 0.6 is 0 Å². The molecule has 0 aliphatic carbocycles. The average Bonchev–Trinajstić information content (AvgIpc) is 2.39. The number of rotatable bonds is 3. The highest BCUT2D eigenvalue weighted by atomic mass is 14.6. The monoisotopic (exact) mass is 212 g/mol. The molecule has 1 unspecified atom stereocenters. The molecular formula is C14H16N2. The maximum absolute atomic E-state index is 6.03. The summed E-state index contributed by atoms with van der Waals surface area (Å²) in [5, 5.41) is 0. The molecule has 1 heterocycles. The van der Waals surface area contributed by atoms with Crippen molar-refractivity contribution in [2.24, 2.45) is 5.73 Å². The smallest absolute Gasteiger partial charge is 0.0346 e. The predicted molar refractivity (Wildman–Crippen MR) is 66.9 cm³/mol. The summed E-state index contributed by atoms with van der Waals surface area (Å²) in [5.41, 5.74) is 9.52. The van der Waals surface area contributed by atoms with Gasteiger partial charge in [-0.2, -0.15) is 0 Å². The van der Waals surface area contributed by atoms with Gasteiger partial charge in [0.15, 0.2) is 0 Å². The van der Waals surface area contributed by atoms with E-state index in [1.54, 1.807) is 6.20 Å². The van der Waals surface area contributed by atoms with Gasteiger partial charge in [-0.25, -0.2) is 0 Å². The van der Waals surface area contributed by atoms with E-state index in [2.05, 4.69) is 36.2 Å². The fourth-order valence-electron chi connectivity index (χ4n) is 1.72. The highest BCUT2D eigenvalue weighted by Gasteiger charge is 2.04. The zero-order valence-corrected chi connectivity index (χ0v) is 9.43. The van der Waals surface area contributed by atoms with Crippen LogP contribution < -0.4 is 5.73 Å². The summed E-state index contributed by atoms with van der Waals surface area (Å²) in [6, 6.07) is 12.5. The van der Waals surface area contributed by atoms with Crippen molar-refractivity contribution in [2.75, 3.05) is 0 Å². The Balaban J connectivity index is 2.36. The van der Waals surface area contributed by atoms with Crippen LogP contribution in [0.25, 0.3) is 11.1 Å². The Morgan fingerprint density at radius 3 is 2.69 bits per heavy atom. The number of nitrogens with two attached hydrogens (primary N) is 1. The molecule has 0 fully saturated rings. The van der Waals surface area contributed by atoms with Crippen LogP contribution in [-0.2, 0) is 0 Å². The van der Waals surface area contributed by atoms with Crippen molar-refractivity contribution in [2.45, 2.75) is 19.4 Å². The fraction of sp³-hybridized carbons (Fsp3) is 0.214. The highest BCUT2D eigenvalue weighted by molar-refractivity contribution is 5.63. The lowest BCUT2D eigenvalue weighted by Crippen LogP contribution is -2.08. The summed E-state index contributed by atoms with van der Waals surface area (Å²) < 4.78 is 0. The molecule has 16 heavy (non-hydrogen) atoms.